The van der Waals surface area contributed by atoms with Crippen LogP contribution in [0.3, 0.4) is 0 Å². The summed E-state index contributed by atoms with van der Waals surface area (Å²) in [5.74, 6) is -0.724. The van der Waals surface area contributed by atoms with Crippen LogP contribution in [0.4, 0.5) is 5.69 Å². The fraction of sp³-hybridized carbons (Fsp3) is 0.440. The molecule has 2 rings (SSSR count). The van der Waals surface area contributed by atoms with Gasteiger partial charge >= 0.3 is 0 Å². The molecule has 0 heterocycles. The molecule has 0 fully saturated rings. The fourth-order valence-electron chi connectivity index (χ4n) is 3.62. The Bertz CT molecular complexity index is 1100. The third-order valence-corrected chi connectivity index (χ3v) is 6.89. The summed E-state index contributed by atoms with van der Waals surface area (Å²) in [6, 6.07) is 11.9. The summed E-state index contributed by atoms with van der Waals surface area (Å²) < 4.78 is 26.4. The summed E-state index contributed by atoms with van der Waals surface area (Å²) in [4.78, 5) is 28.0. The minimum Gasteiger partial charge on any atom is -0.354 e. The van der Waals surface area contributed by atoms with Gasteiger partial charge in [0.05, 0.1) is 11.9 Å². The molecule has 1 atom stereocenters. The molecule has 2 amide bonds. The SMILES string of the molecule is CCCNC(=O)[C@H](CC)N(Cc1ccc(C)cc1)C(=O)CN(c1cc(Cl)ccc1C)S(C)(=O)=O. The minimum absolute atomic E-state index is 0.184. The lowest BCUT2D eigenvalue weighted by Crippen LogP contribution is -2.52. The molecule has 7 nitrogen and oxygen atoms in total. The quantitative estimate of drug-likeness (QED) is 0.497. The molecule has 1 N–H and O–H groups in total. The molecule has 9 heteroatoms. The van der Waals surface area contributed by atoms with Gasteiger partial charge in [0.25, 0.3) is 0 Å². The number of carbonyl (C=O) groups excluding carboxylic acids is 2. The molecule has 0 aliphatic rings. The summed E-state index contributed by atoms with van der Waals surface area (Å²) in [6.07, 6.45) is 2.21. The van der Waals surface area contributed by atoms with E-state index in [4.69, 9.17) is 11.6 Å². The number of nitrogens with one attached hydrogen (secondary N) is 1. The molecule has 34 heavy (non-hydrogen) atoms. The predicted molar refractivity (Wildman–Crippen MR) is 137 cm³/mol. The van der Waals surface area contributed by atoms with Crippen LogP contribution in [-0.2, 0) is 26.2 Å². The number of sulfonamides is 1. The van der Waals surface area contributed by atoms with E-state index in [0.29, 0.717) is 29.2 Å². The maximum atomic E-state index is 13.6. The first kappa shape index (κ1) is 27.7. The Morgan fingerprint density at radius 1 is 1.06 bits per heavy atom. The van der Waals surface area contributed by atoms with Gasteiger partial charge in [-0.3, -0.25) is 13.9 Å². The van der Waals surface area contributed by atoms with Crippen molar-refractivity contribution < 1.29 is 18.0 Å². The van der Waals surface area contributed by atoms with Crippen LogP contribution in [0.15, 0.2) is 42.5 Å². The highest BCUT2D eigenvalue weighted by Crippen LogP contribution is 2.27. The van der Waals surface area contributed by atoms with Crippen molar-refractivity contribution in [3.63, 3.8) is 0 Å². The van der Waals surface area contributed by atoms with Crippen LogP contribution >= 0.6 is 11.6 Å². The average molecular weight is 508 g/mol. The zero-order chi connectivity index (χ0) is 25.5. The third-order valence-electron chi connectivity index (χ3n) is 5.53. The smallest absolute Gasteiger partial charge is 0.244 e. The van der Waals surface area contributed by atoms with Gasteiger partial charge in [-0.15, -0.1) is 0 Å². The van der Waals surface area contributed by atoms with Crippen LogP contribution in [-0.4, -0.2) is 50.5 Å². The maximum Gasteiger partial charge on any atom is 0.244 e. The summed E-state index contributed by atoms with van der Waals surface area (Å²) in [5.41, 5.74) is 2.93. The Morgan fingerprint density at radius 3 is 2.26 bits per heavy atom. The highest BCUT2D eigenvalue weighted by Gasteiger charge is 2.32. The van der Waals surface area contributed by atoms with E-state index < -0.39 is 28.5 Å². The Balaban J connectivity index is 2.45. The van der Waals surface area contributed by atoms with E-state index in [-0.39, 0.29) is 12.5 Å². The van der Waals surface area contributed by atoms with Gasteiger partial charge in [-0.1, -0.05) is 61.3 Å². The van der Waals surface area contributed by atoms with Gasteiger partial charge in [0.15, 0.2) is 0 Å². The number of hydrogen-bond acceptors (Lipinski definition) is 4. The number of nitrogens with zero attached hydrogens (tertiary/aromatic N) is 2. The molecule has 0 saturated heterocycles. The molecule has 2 aromatic carbocycles. The van der Waals surface area contributed by atoms with E-state index >= 15 is 0 Å². The van der Waals surface area contributed by atoms with Gasteiger partial charge in [-0.25, -0.2) is 8.42 Å². The van der Waals surface area contributed by atoms with E-state index in [1.807, 2.05) is 45.0 Å². The van der Waals surface area contributed by atoms with Crippen molar-refractivity contribution >= 4 is 39.1 Å². The van der Waals surface area contributed by atoms with Crippen molar-refractivity contribution in [2.24, 2.45) is 0 Å². The zero-order valence-electron chi connectivity index (χ0n) is 20.5. The zero-order valence-corrected chi connectivity index (χ0v) is 22.0. The highest BCUT2D eigenvalue weighted by molar-refractivity contribution is 7.92. The van der Waals surface area contributed by atoms with Crippen LogP contribution in [0, 0.1) is 13.8 Å². The molecule has 0 radical (unpaired) electrons. The van der Waals surface area contributed by atoms with Crippen LogP contribution in [0.2, 0.25) is 5.02 Å². The molecule has 2 aromatic rings. The molecular weight excluding hydrogens is 474 g/mol. The monoisotopic (exact) mass is 507 g/mol. The van der Waals surface area contributed by atoms with E-state index in [0.717, 1.165) is 28.1 Å². The second-order valence-electron chi connectivity index (χ2n) is 8.42. The molecule has 0 aliphatic carbocycles. The van der Waals surface area contributed by atoms with Crippen molar-refractivity contribution in [2.45, 2.75) is 53.1 Å². The van der Waals surface area contributed by atoms with Crippen molar-refractivity contribution in [3.05, 3.63) is 64.2 Å². The number of benzene rings is 2. The number of aryl methyl sites for hydroxylation is 2. The third kappa shape index (κ3) is 7.46. The first-order valence-electron chi connectivity index (χ1n) is 11.3. The van der Waals surface area contributed by atoms with Crippen LogP contribution in [0.25, 0.3) is 0 Å². The lowest BCUT2D eigenvalue weighted by molar-refractivity contribution is -0.140. The Morgan fingerprint density at radius 2 is 1.71 bits per heavy atom. The number of carbonyl (C=O) groups is 2. The topological polar surface area (TPSA) is 86.8 Å². The summed E-state index contributed by atoms with van der Waals surface area (Å²) in [5, 5.41) is 3.23. The molecule has 0 saturated carbocycles. The first-order chi connectivity index (χ1) is 16.0. The summed E-state index contributed by atoms with van der Waals surface area (Å²) in [7, 11) is -3.80. The van der Waals surface area contributed by atoms with Gasteiger partial charge in [0.1, 0.15) is 12.6 Å². The molecule has 186 valence electrons. The predicted octanol–water partition coefficient (Wildman–Crippen LogP) is 4.06. The van der Waals surface area contributed by atoms with Gasteiger partial charge in [-0.05, 0) is 49.9 Å². The molecule has 0 unspecified atom stereocenters. The molecule has 0 spiro atoms. The van der Waals surface area contributed by atoms with Crippen molar-refractivity contribution in [1.82, 2.24) is 10.2 Å². The van der Waals surface area contributed by atoms with Crippen molar-refractivity contribution in [3.8, 4) is 0 Å². The lowest BCUT2D eigenvalue weighted by Gasteiger charge is -2.33. The number of anilines is 1. The van der Waals surface area contributed by atoms with E-state index in [1.165, 1.54) is 11.0 Å². The standard InChI is InChI=1S/C25H34ClN3O4S/c1-6-14-27-25(31)22(7-2)28(16-20-11-8-18(3)9-12-20)24(30)17-29(34(5,32)33)23-15-21(26)13-10-19(23)4/h8-13,15,22H,6-7,14,16-17H2,1-5H3,(H,27,31)/t22-/m0/s1. The van der Waals surface area contributed by atoms with Gasteiger partial charge < -0.3 is 10.2 Å². The molecule has 0 aliphatic heterocycles. The molecule has 0 aromatic heterocycles. The average Bonchev–Trinajstić information content (AvgIpc) is 2.78. The number of amides is 2. The number of hydrogen-bond donors (Lipinski definition) is 1. The Kier molecular flexibility index (Phi) is 9.94. The van der Waals surface area contributed by atoms with Crippen LogP contribution in [0.1, 0.15) is 43.4 Å². The van der Waals surface area contributed by atoms with Crippen molar-refractivity contribution in [2.75, 3.05) is 23.7 Å². The molecule has 0 bridgehead atoms. The Labute approximate surface area is 208 Å². The van der Waals surface area contributed by atoms with E-state index in [1.54, 1.807) is 19.1 Å². The van der Waals surface area contributed by atoms with Crippen LogP contribution < -0.4 is 9.62 Å². The van der Waals surface area contributed by atoms with Gasteiger partial charge in [-0.2, -0.15) is 0 Å². The second kappa shape index (κ2) is 12.2. The van der Waals surface area contributed by atoms with E-state index in [2.05, 4.69) is 5.32 Å². The number of halogens is 1. The van der Waals surface area contributed by atoms with Gasteiger partial charge in [0, 0.05) is 18.1 Å². The fourth-order valence-corrected chi connectivity index (χ4v) is 4.69. The highest BCUT2D eigenvalue weighted by atomic mass is 35.5. The lowest BCUT2D eigenvalue weighted by atomic mass is 10.1. The first-order valence-corrected chi connectivity index (χ1v) is 13.6. The van der Waals surface area contributed by atoms with Crippen molar-refractivity contribution in [1.29, 1.82) is 0 Å². The largest absolute Gasteiger partial charge is 0.354 e. The van der Waals surface area contributed by atoms with Crippen LogP contribution in [0.5, 0.6) is 0 Å². The summed E-state index contributed by atoms with van der Waals surface area (Å²) >= 11 is 6.12. The molecular formula is C25H34ClN3O4S. The Hall–Kier alpha value is -2.58. The minimum atomic E-state index is -3.80. The normalized spacial score (nSPS) is 12.2. The maximum absolute atomic E-state index is 13.6. The number of rotatable bonds is 11. The second-order valence-corrected chi connectivity index (χ2v) is 10.8. The van der Waals surface area contributed by atoms with E-state index in [9.17, 15) is 18.0 Å². The summed E-state index contributed by atoms with van der Waals surface area (Å²) in [6.45, 7) is 7.75. The van der Waals surface area contributed by atoms with Gasteiger partial charge in [0.2, 0.25) is 21.8 Å².